The number of nitrogens with one attached hydrogen (secondary N) is 2. The summed E-state index contributed by atoms with van der Waals surface area (Å²) in [7, 11) is 1.96. The molecule has 1 aromatic carbocycles. The summed E-state index contributed by atoms with van der Waals surface area (Å²) in [5.74, 6) is 0.462. The summed E-state index contributed by atoms with van der Waals surface area (Å²) in [4.78, 5) is 39.3. The maximum atomic E-state index is 12.8. The summed E-state index contributed by atoms with van der Waals surface area (Å²) in [6.07, 6.45) is 3.23. The van der Waals surface area contributed by atoms with Crippen molar-refractivity contribution in [2.75, 3.05) is 33.2 Å². The molecule has 0 aliphatic carbocycles. The van der Waals surface area contributed by atoms with Gasteiger partial charge in [-0.15, -0.1) is 12.4 Å². The van der Waals surface area contributed by atoms with E-state index in [1.165, 1.54) is 4.90 Å². The molecule has 0 unspecified atom stereocenters. The van der Waals surface area contributed by atoms with Gasteiger partial charge in [0, 0.05) is 18.7 Å². The van der Waals surface area contributed by atoms with E-state index in [2.05, 4.69) is 10.6 Å². The number of carbonyl (C=O) groups is 3. The highest BCUT2D eigenvalue weighted by atomic mass is 35.5. The van der Waals surface area contributed by atoms with Crippen LogP contribution in [0.5, 0.6) is 0 Å². The molecule has 2 N–H and O–H groups in total. The Balaban J connectivity index is 0.00000261. The summed E-state index contributed by atoms with van der Waals surface area (Å²) in [5.41, 5.74) is 1.40. The molecule has 2 fully saturated rings. The molecular weight excluding hydrogens is 368 g/mol. The first kappa shape index (κ1) is 21.2. The van der Waals surface area contributed by atoms with Crippen LogP contribution in [-0.2, 0) is 11.3 Å². The number of amides is 4. The average Bonchev–Trinajstić information content (AvgIpc) is 2.98. The van der Waals surface area contributed by atoms with E-state index < -0.39 is 0 Å². The third kappa shape index (κ3) is 5.20. The van der Waals surface area contributed by atoms with Crippen LogP contribution in [0, 0.1) is 5.92 Å². The first-order valence-corrected chi connectivity index (χ1v) is 9.19. The Bertz CT molecular complexity index is 673. The summed E-state index contributed by atoms with van der Waals surface area (Å²) >= 11 is 0. The minimum atomic E-state index is -0.379. The lowest BCUT2D eigenvalue weighted by atomic mass is 9.93. The number of nitrogens with zero attached hydrogens (tertiary/aromatic N) is 2. The second-order valence-corrected chi connectivity index (χ2v) is 6.97. The molecule has 148 valence electrons. The number of halogens is 1. The van der Waals surface area contributed by atoms with Crippen molar-refractivity contribution in [1.82, 2.24) is 20.4 Å². The molecular formula is C19H27ClN4O3. The first-order chi connectivity index (χ1) is 12.6. The van der Waals surface area contributed by atoms with Gasteiger partial charge in [0.2, 0.25) is 5.91 Å². The van der Waals surface area contributed by atoms with E-state index in [9.17, 15) is 14.4 Å². The summed E-state index contributed by atoms with van der Waals surface area (Å²) in [5, 5.41) is 5.68. The van der Waals surface area contributed by atoms with Crippen molar-refractivity contribution in [2.24, 2.45) is 5.92 Å². The molecule has 3 rings (SSSR count). The number of urea groups is 1. The van der Waals surface area contributed by atoms with E-state index in [0.717, 1.165) is 44.5 Å². The highest BCUT2D eigenvalue weighted by Crippen LogP contribution is 2.22. The fourth-order valence-electron chi connectivity index (χ4n) is 3.56. The first-order valence-electron chi connectivity index (χ1n) is 9.19. The number of hydrogen-bond donors (Lipinski definition) is 2. The SMILES string of the molecule is CNCCC1CCN(C(=O)c2cccc(CN3C(=O)CNC3=O)c2)CC1.Cl. The van der Waals surface area contributed by atoms with Crippen LogP contribution >= 0.6 is 12.4 Å². The van der Waals surface area contributed by atoms with Crippen molar-refractivity contribution in [3.05, 3.63) is 35.4 Å². The van der Waals surface area contributed by atoms with E-state index in [1.807, 2.05) is 18.0 Å². The second kappa shape index (κ2) is 9.71. The van der Waals surface area contributed by atoms with Crippen molar-refractivity contribution in [3.8, 4) is 0 Å². The van der Waals surface area contributed by atoms with Crippen LogP contribution in [0.3, 0.4) is 0 Å². The minimum absolute atomic E-state index is 0. The van der Waals surface area contributed by atoms with Gasteiger partial charge in [0.1, 0.15) is 0 Å². The summed E-state index contributed by atoms with van der Waals surface area (Å²) < 4.78 is 0. The third-order valence-electron chi connectivity index (χ3n) is 5.16. The molecule has 0 atom stereocenters. The quantitative estimate of drug-likeness (QED) is 0.718. The largest absolute Gasteiger partial charge is 0.339 e. The molecule has 2 saturated heterocycles. The van der Waals surface area contributed by atoms with Crippen LogP contribution in [0.4, 0.5) is 4.79 Å². The lowest BCUT2D eigenvalue weighted by molar-refractivity contribution is -0.125. The zero-order valence-corrected chi connectivity index (χ0v) is 16.4. The molecule has 2 aliphatic heterocycles. The molecule has 2 heterocycles. The topological polar surface area (TPSA) is 81.8 Å². The fraction of sp³-hybridized carbons (Fsp3) is 0.526. The van der Waals surface area contributed by atoms with Gasteiger partial charge in [0.25, 0.3) is 5.91 Å². The van der Waals surface area contributed by atoms with Crippen molar-refractivity contribution < 1.29 is 14.4 Å². The molecule has 27 heavy (non-hydrogen) atoms. The minimum Gasteiger partial charge on any atom is -0.339 e. The highest BCUT2D eigenvalue weighted by molar-refractivity contribution is 6.02. The number of piperidine rings is 1. The predicted octanol–water partition coefficient (Wildman–Crippen LogP) is 1.62. The molecule has 0 radical (unpaired) electrons. The van der Waals surface area contributed by atoms with E-state index in [1.54, 1.807) is 18.2 Å². The predicted molar refractivity (Wildman–Crippen MR) is 105 cm³/mol. The van der Waals surface area contributed by atoms with Crippen LogP contribution in [-0.4, -0.2) is 60.9 Å². The van der Waals surface area contributed by atoms with Crippen LogP contribution in [0.15, 0.2) is 24.3 Å². The van der Waals surface area contributed by atoms with Crippen LogP contribution in [0.25, 0.3) is 0 Å². The van der Waals surface area contributed by atoms with E-state index in [-0.39, 0.29) is 43.3 Å². The van der Waals surface area contributed by atoms with Gasteiger partial charge in [0.05, 0.1) is 13.1 Å². The molecule has 0 spiro atoms. The molecule has 1 aromatic rings. The number of carbonyl (C=O) groups excluding carboxylic acids is 3. The zero-order valence-electron chi connectivity index (χ0n) is 15.6. The van der Waals surface area contributed by atoms with Gasteiger partial charge in [-0.3, -0.25) is 14.5 Å². The van der Waals surface area contributed by atoms with Gasteiger partial charge in [-0.1, -0.05) is 12.1 Å². The molecule has 0 aromatic heterocycles. The monoisotopic (exact) mass is 394 g/mol. The smallest absolute Gasteiger partial charge is 0.324 e. The highest BCUT2D eigenvalue weighted by Gasteiger charge is 2.29. The molecule has 4 amide bonds. The Kier molecular flexibility index (Phi) is 7.62. The number of benzene rings is 1. The number of imide groups is 1. The molecule has 0 saturated carbocycles. The Morgan fingerprint density at radius 1 is 1.26 bits per heavy atom. The molecule has 8 heteroatoms. The van der Waals surface area contributed by atoms with Gasteiger partial charge >= 0.3 is 6.03 Å². The lowest BCUT2D eigenvalue weighted by Crippen LogP contribution is -2.39. The maximum absolute atomic E-state index is 12.8. The summed E-state index contributed by atoms with van der Waals surface area (Å²) in [6, 6.07) is 6.84. The van der Waals surface area contributed by atoms with Crippen LogP contribution in [0.2, 0.25) is 0 Å². The second-order valence-electron chi connectivity index (χ2n) is 6.97. The molecule has 0 bridgehead atoms. The Morgan fingerprint density at radius 2 is 2.00 bits per heavy atom. The Labute approximate surface area is 165 Å². The summed E-state index contributed by atoms with van der Waals surface area (Å²) in [6.45, 7) is 2.82. The standard InChI is InChI=1S/C19H26N4O3.ClH/c1-20-8-5-14-6-9-22(10-7-14)18(25)16-4-2-3-15(11-16)13-23-17(24)12-21-19(23)26;/h2-4,11,14,20H,5-10,12-13H2,1H3,(H,21,26);1H. The molecule has 7 nitrogen and oxygen atoms in total. The van der Waals surface area contributed by atoms with Crippen LogP contribution < -0.4 is 10.6 Å². The van der Waals surface area contributed by atoms with E-state index in [0.29, 0.717) is 11.5 Å². The molecule has 2 aliphatic rings. The van der Waals surface area contributed by atoms with Gasteiger partial charge in [-0.25, -0.2) is 4.79 Å². The van der Waals surface area contributed by atoms with Gasteiger partial charge in [-0.2, -0.15) is 0 Å². The Morgan fingerprint density at radius 3 is 2.63 bits per heavy atom. The zero-order chi connectivity index (χ0) is 18.5. The van der Waals surface area contributed by atoms with Crippen LogP contribution in [0.1, 0.15) is 35.2 Å². The van der Waals surface area contributed by atoms with Crippen molar-refractivity contribution in [3.63, 3.8) is 0 Å². The normalized spacial score (nSPS) is 17.7. The Hall–Kier alpha value is -2.12. The fourth-order valence-corrected chi connectivity index (χ4v) is 3.56. The van der Waals surface area contributed by atoms with Crippen molar-refractivity contribution >= 4 is 30.3 Å². The van der Waals surface area contributed by atoms with Gasteiger partial charge < -0.3 is 15.5 Å². The van der Waals surface area contributed by atoms with E-state index in [4.69, 9.17) is 0 Å². The number of rotatable bonds is 6. The van der Waals surface area contributed by atoms with Gasteiger partial charge in [-0.05, 0) is 56.5 Å². The lowest BCUT2D eigenvalue weighted by Gasteiger charge is -2.32. The van der Waals surface area contributed by atoms with E-state index >= 15 is 0 Å². The average molecular weight is 395 g/mol. The third-order valence-corrected chi connectivity index (χ3v) is 5.16. The number of hydrogen-bond acceptors (Lipinski definition) is 4. The van der Waals surface area contributed by atoms with Crippen molar-refractivity contribution in [1.29, 1.82) is 0 Å². The van der Waals surface area contributed by atoms with Gasteiger partial charge in [0.15, 0.2) is 0 Å². The maximum Gasteiger partial charge on any atom is 0.324 e. The number of likely N-dealkylation sites (tertiary alicyclic amines) is 1. The van der Waals surface area contributed by atoms with Crippen molar-refractivity contribution in [2.45, 2.75) is 25.8 Å².